The van der Waals surface area contributed by atoms with Gasteiger partial charge in [-0.05, 0) is 175 Å². The third-order valence-corrected chi connectivity index (χ3v) is 15.2. The van der Waals surface area contributed by atoms with Crippen LogP contribution >= 0.6 is 0 Å². The molecule has 6 N–H and O–H groups in total. The standard InChI is InChI=1S/C22H21NO5S.C22H21NO4S.C16H17NO4S/c1-28-20-12-14-21(15-13-20)29(26,27)23-19-10-6-17(7-11-19)3-2-16-4-8-18(9-5-16)22(24)25;24-22(25)20-12-8-17(9-13-20)6-7-18-10-14-21(15-11-18)23-28(26,27)16-19-4-2-1-3-5-19;1-22(20,21)17-15-10-6-13(7-11-15)3-2-12-4-8-14(9-5-12)16(18)19/h4-15,23H,2-3H2,1H3,(H,24,25);1-5,8-15,23H,6-7,16H2,(H,24,25);4-11,17H,2-3H2,1H3,(H,18,19). The van der Waals surface area contributed by atoms with Crippen molar-refractivity contribution in [2.24, 2.45) is 0 Å². The lowest BCUT2D eigenvalue weighted by Gasteiger charge is -2.10. The van der Waals surface area contributed by atoms with Gasteiger partial charge in [0.2, 0.25) is 20.0 Å². The number of benzene rings is 8. The molecule has 8 rings (SSSR count). The van der Waals surface area contributed by atoms with Crippen molar-refractivity contribution < 1.29 is 59.7 Å². The van der Waals surface area contributed by atoms with Crippen LogP contribution in [0.3, 0.4) is 0 Å². The van der Waals surface area contributed by atoms with E-state index in [9.17, 15) is 39.6 Å². The highest BCUT2D eigenvalue weighted by atomic mass is 32.2. The normalized spacial score (nSPS) is 11.1. The quantitative estimate of drug-likeness (QED) is 0.0369. The first-order chi connectivity index (χ1) is 37.6. The van der Waals surface area contributed by atoms with E-state index in [4.69, 9.17) is 20.1 Å². The Kier molecular flexibility index (Phi) is 21.1. The van der Waals surface area contributed by atoms with Gasteiger partial charge < -0.3 is 20.1 Å². The second kappa shape index (κ2) is 28.0. The van der Waals surface area contributed by atoms with Crippen LogP contribution in [-0.2, 0) is 74.3 Å². The van der Waals surface area contributed by atoms with Crippen LogP contribution in [0, 0.1) is 0 Å². The molecule has 0 radical (unpaired) electrons. The third kappa shape index (κ3) is 20.3. The van der Waals surface area contributed by atoms with Gasteiger partial charge in [-0.15, -0.1) is 0 Å². The zero-order chi connectivity index (χ0) is 57.0. The van der Waals surface area contributed by atoms with E-state index in [1.165, 1.54) is 19.2 Å². The molecule has 0 bridgehead atoms. The van der Waals surface area contributed by atoms with E-state index in [0.717, 1.165) is 83.7 Å². The van der Waals surface area contributed by atoms with Crippen LogP contribution in [0.25, 0.3) is 0 Å². The number of nitrogens with one attached hydrogen (secondary N) is 3. The van der Waals surface area contributed by atoms with Crippen LogP contribution in [0.5, 0.6) is 5.75 Å². The van der Waals surface area contributed by atoms with Gasteiger partial charge in [0, 0.05) is 17.1 Å². The number of hydrogen-bond donors (Lipinski definition) is 6. The Morgan fingerprint density at radius 3 is 0.987 bits per heavy atom. The van der Waals surface area contributed by atoms with Crippen molar-refractivity contribution >= 4 is 65.0 Å². The minimum absolute atomic E-state index is 0.0675. The molecular weight excluding hydrogens is 1070 g/mol. The van der Waals surface area contributed by atoms with Crippen molar-refractivity contribution in [2.75, 3.05) is 27.5 Å². The molecular formula is C60H59N3O13S3. The molecule has 19 heteroatoms. The molecule has 0 aromatic heterocycles. The highest BCUT2D eigenvalue weighted by Crippen LogP contribution is 2.22. The average Bonchev–Trinajstić information content (AvgIpc) is 3.43. The molecule has 16 nitrogen and oxygen atoms in total. The smallest absolute Gasteiger partial charge is 0.335 e. The summed E-state index contributed by atoms with van der Waals surface area (Å²) in [6, 6.07) is 57.4. The van der Waals surface area contributed by atoms with Crippen LogP contribution in [0.2, 0.25) is 0 Å². The predicted octanol–water partition coefficient (Wildman–Crippen LogP) is 10.6. The van der Waals surface area contributed by atoms with E-state index in [0.29, 0.717) is 22.8 Å². The maximum absolute atomic E-state index is 12.5. The lowest BCUT2D eigenvalue weighted by Crippen LogP contribution is -2.15. The summed E-state index contributed by atoms with van der Waals surface area (Å²) in [6.45, 7) is 0. The van der Waals surface area contributed by atoms with Crippen molar-refractivity contribution in [3.05, 3.63) is 256 Å². The van der Waals surface area contributed by atoms with E-state index in [2.05, 4.69) is 14.2 Å². The summed E-state index contributed by atoms with van der Waals surface area (Å²) in [7, 11) is -8.87. The summed E-state index contributed by atoms with van der Waals surface area (Å²) in [5.74, 6) is -2.28. The van der Waals surface area contributed by atoms with Crippen LogP contribution in [0.15, 0.2) is 205 Å². The Hall–Kier alpha value is -8.78. The zero-order valence-electron chi connectivity index (χ0n) is 43.2. The molecule has 0 aliphatic rings. The molecule has 0 aliphatic carbocycles. The highest BCUT2D eigenvalue weighted by Gasteiger charge is 2.15. The van der Waals surface area contributed by atoms with Crippen LogP contribution in [0.1, 0.15) is 70.0 Å². The number of carboxylic acid groups (broad SMARTS) is 3. The molecule has 79 heavy (non-hydrogen) atoms. The summed E-state index contributed by atoms with van der Waals surface area (Å²) >= 11 is 0. The van der Waals surface area contributed by atoms with Crippen LogP contribution in [0.4, 0.5) is 17.1 Å². The van der Waals surface area contributed by atoms with Gasteiger partial charge in [0.15, 0.2) is 0 Å². The van der Waals surface area contributed by atoms with Crippen molar-refractivity contribution in [3.8, 4) is 5.75 Å². The molecule has 0 saturated heterocycles. The SMILES string of the molecule is COc1ccc(S(=O)(=O)Nc2ccc(CCc3ccc(C(=O)O)cc3)cc2)cc1.CS(=O)(=O)Nc1ccc(CCc2ccc(C(=O)O)cc2)cc1.O=C(O)c1ccc(CCc2ccc(NS(=O)(=O)Cc3ccccc3)cc2)cc1. The van der Waals surface area contributed by atoms with Crippen molar-refractivity contribution in [2.45, 2.75) is 49.2 Å². The molecule has 0 spiro atoms. The van der Waals surface area contributed by atoms with Crippen molar-refractivity contribution in [1.29, 1.82) is 0 Å². The molecule has 8 aromatic rings. The fourth-order valence-electron chi connectivity index (χ4n) is 7.72. The predicted molar refractivity (Wildman–Crippen MR) is 307 cm³/mol. The Balaban J connectivity index is 0.000000193. The third-order valence-electron chi connectivity index (χ3n) is 12.0. The first-order valence-corrected chi connectivity index (χ1v) is 29.6. The highest BCUT2D eigenvalue weighted by molar-refractivity contribution is 7.93. The van der Waals surface area contributed by atoms with E-state index >= 15 is 0 Å². The number of carbonyl (C=O) groups is 3. The molecule has 0 heterocycles. The van der Waals surface area contributed by atoms with E-state index in [1.807, 2.05) is 78.9 Å². The maximum atomic E-state index is 12.5. The van der Waals surface area contributed by atoms with Gasteiger partial charge >= 0.3 is 17.9 Å². The van der Waals surface area contributed by atoms with Crippen molar-refractivity contribution in [1.82, 2.24) is 0 Å². The van der Waals surface area contributed by atoms with Crippen molar-refractivity contribution in [3.63, 3.8) is 0 Å². The summed E-state index contributed by atoms with van der Waals surface area (Å²) in [5, 5.41) is 26.7. The molecule has 410 valence electrons. The van der Waals surface area contributed by atoms with Crippen LogP contribution in [-0.4, -0.2) is 71.8 Å². The number of aromatic carboxylic acids is 3. The Bertz CT molecular complexity index is 3620. The number of sulfonamides is 3. The molecule has 0 fully saturated rings. The van der Waals surface area contributed by atoms with Gasteiger partial charge in [0.25, 0.3) is 10.0 Å². The van der Waals surface area contributed by atoms with Gasteiger partial charge in [-0.1, -0.05) is 103 Å². The molecule has 0 aliphatic heterocycles. The van der Waals surface area contributed by atoms with Crippen LogP contribution < -0.4 is 18.9 Å². The van der Waals surface area contributed by atoms with Gasteiger partial charge in [-0.3, -0.25) is 14.2 Å². The zero-order valence-corrected chi connectivity index (χ0v) is 45.6. The first kappa shape index (κ1) is 59.5. The second-order valence-electron chi connectivity index (χ2n) is 18.1. The largest absolute Gasteiger partial charge is 0.497 e. The van der Waals surface area contributed by atoms with Gasteiger partial charge in [-0.25, -0.2) is 39.6 Å². The molecule has 0 amide bonds. The Labute approximate surface area is 460 Å². The van der Waals surface area contributed by atoms with E-state index < -0.39 is 48.0 Å². The monoisotopic (exact) mass is 1130 g/mol. The fourth-order valence-corrected chi connectivity index (χ4v) is 10.5. The minimum atomic E-state index is -3.67. The van der Waals surface area contributed by atoms with Gasteiger partial charge in [0.05, 0.1) is 40.7 Å². The summed E-state index contributed by atoms with van der Waals surface area (Å²) in [5.41, 5.74) is 9.48. The minimum Gasteiger partial charge on any atom is -0.497 e. The number of carboxylic acids is 3. The van der Waals surface area contributed by atoms with E-state index in [1.54, 1.807) is 109 Å². The molecule has 0 atom stereocenters. The Morgan fingerprint density at radius 1 is 0.380 bits per heavy atom. The number of methoxy groups -OCH3 is 1. The van der Waals surface area contributed by atoms with Gasteiger partial charge in [0.1, 0.15) is 5.75 Å². The molecule has 0 unspecified atom stereocenters. The fraction of sp³-hybridized carbons (Fsp3) is 0.150. The molecule has 8 aromatic carbocycles. The number of ether oxygens (including phenoxy) is 1. The number of anilines is 3. The lowest BCUT2D eigenvalue weighted by molar-refractivity contribution is 0.0686. The lowest BCUT2D eigenvalue weighted by atomic mass is 10.0. The number of rotatable bonds is 22. The topological polar surface area (TPSA) is 260 Å². The Morgan fingerprint density at radius 2 is 0.684 bits per heavy atom. The number of hydrogen-bond acceptors (Lipinski definition) is 10. The summed E-state index contributed by atoms with van der Waals surface area (Å²) < 4.78 is 84.4. The number of aryl methyl sites for hydroxylation is 6. The first-order valence-electron chi connectivity index (χ1n) is 24.5. The summed E-state index contributed by atoms with van der Waals surface area (Å²) in [4.78, 5) is 32.7. The van der Waals surface area contributed by atoms with Gasteiger partial charge in [-0.2, -0.15) is 0 Å². The second-order valence-corrected chi connectivity index (χ2v) is 23.3. The maximum Gasteiger partial charge on any atom is 0.335 e. The average molecular weight is 1130 g/mol. The summed E-state index contributed by atoms with van der Waals surface area (Å²) in [6.07, 6.45) is 5.78. The van der Waals surface area contributed by atoms with E-state index in [-0.39, 0.29) is 27.3 Å². The molecule has 0 saturated carbocycles.